The Hall–Kier alpha value is -3.34. The molecule has 2 heterocycles. The molecule has 1 aliphatic rings. The molecular weight excluding hydrogens is 374 g/mol. The van der Waals surface area contributed by atoms with Crippen molar-refractivity contribution >= 4 is 16.7 Å². The molecule has 4 aromatic rings. The fourth-order valence-corrected chi connectivity index (χ4v) is 4.55. The largest absolute Gasteiger partial charge is 0.467 e. The molecule has 0 fully saturated rings. The Kier molecular flexibility index (Phi) is 4.87. The summed E-state index contributed by atoms with van der Waals surface area (Å²) in [5.74, 6) is 0.869. The third-order valence-electron chi connectivity index (χ3n) is 6.04. The van der Waals surface area contributed by atoms with Crippen LogP contribution in [0, 0.1) is 0 Å². The number of amides is 1. The van der Waals surface area contributed by atoms with E-state index in [1.807, 2.05) is 53.0 Å². The Morgan fingerprint density at radius 2 is 1.93 bits per heavy atom. The maximum atomic E-state index is 13.4. The lowest BCUT2D eigenvalue weighted by Crippen LogP contribution is -2.32. The lowest BCUT2D eigenvalue weighted by Gasteiger charge is -2.22. The second-order valence-corrected chi connectivity index (χ2v) is 7.99. The van der Waals surface area contributed by atoms with E-state index >= 15 is 0 Å². The van der Waals surface area contributed by atoms with Gasteiger partial charge in [-0.25, -0.2) is 0 Å². The Morgan fingerprint density at radius 1 is 1.07 bits per heavy atom. The van der Waals surface area contributed by atoms with Crippen LogP contribution in [0.2, 0.25) is 0 Å². The van der Waals surface area contributed by atoms with Crippen molar-refractivity contribution < 1.29 is 9.21 Å². The van der Waals surface area contributed by atoms with Gasteiger partial charge in [-0.15, -0.1) is 0 Å². The van der Waals surface area contributed by atoms with Crippen molar-refractivity contribution in [3.05, 3.63) is 89.1 Å². The monoisotopic (exact) mass is 399 g/mol. The Labute approximate surface area is 175 Å². The van der Waals surface area contributed by atoms with E-state index in [0.717, 1.165) is 47.1 Å². The Morgan fingerprint density at radius 3 is 2.80 bits per heavy atom. The summed E-state index contributed by atoms with van der Waals surface area (Å²) in [6.45, 7) is 0.954. The minimum absolute atomic E-state index is 0.0835. The molecule has 2 aromatic carbocycles. The lowest BCUT2D eigenvalue weighted by atomic mass is 10.0. The Balaban J connectivity index is 1.44. The molecule has 5 nitrogen and oxygen atoms in total. The Bertz CT molecular complexity index is 1190. The van der Waals surface area contributed by atoms with Gasteiger partial charge in [0.25, 0.3) is 0 Å². The number of carbonyl (C=O) groups is 1. The van der Waals surface area contributed by atoms with Gasteiger partial charge < -0.3 is 9.32 Å². The molecule has 2 aromatic heterocycles. The normalized spacial score (nSPS) is 13.0. The van der Waals surface area contributed by atoms with Crippen LogP contribution < -0.4 is 0 Å². The number of aromatic nitrogens is 2. The standard InChI is InChI=1S/C25H25N3O2/c1-27-24-13-5-12-22(24)23(26-27)17-28(16-20-10-6-14-30-20)25(29)15-19-9-4-8-18-7-2-3-11-21(18)19/h2-4,6-11,14H,5,12-13,15-17H2,1H3. The predicted octanol–water partition coefficient (Wildman–Crippen LogP) is 4.43. The zero-order valence-electron chi connectivity index (χ0n) is 17.2. The molecule has 0 saturated heterocycles. The molecule has 0 atom stereocenters. The molecular formula is C25H25N3O2. The lowest BCUT2D eigenvalue weighted by molar-refractivity contribution is -0.132. The summed E-state index contributed by atoms with van der Waals surface area (Å²) in [6.07, 6.45) is 5.29. The molecule has 0 N–H and O–H groups in total. The summed E-state index contributed by atoms with van der Waals surface area (Å²) >= 11 is 0. The van der Waals surface area contributed by atoms with Crippen LogP contribution in [0.25, 0.3) is 10.8 Å². The zero-order valence-corrected chi connectivity index (χ0v) is 17.2. The van der Waals surface area contributed by atoms with Crippen LogP contribution in [-0.4, -0.2) is 20.6 Å². The van der Waals surface area contributed by atoms with E-state index < -0.39 is 0 Å². The van der Waals surface area contributed by atoms with Gasteiger partial charge in [0, 0.05) is 12.7 Å². The number of rotatable bonds is 6. The summed E-state index contributed by atoms with van der Waals surface area (Å²) in [5.41, 5.74) is 4.70. The zero-order chi connectivity index (χ0) is 20.5. The van der Waals surface area contributed by atoms with E-state index in [9.17, 15) is 4.79 Å². The maximum absolute atomic E-state index is 13.4. The highest BCUT2D eigenvalue weighted by molar-refractivity contribution is 5.90. The van der Waals surface area contributed by atoms with Gasteiger partial charge in [0.05, 0.1) is 31.5 Å². The van der Waals surface area contributed by atoms with E-state index in [4.69, 9.17) is 9.52 Å². The van der Waals surface area contributed by atoms with Crippen LogP contribution in [0.4, 0.5) is 0 Å². The molecule has 152 valence electrons. The smallest absolute Gasteiger partial charge is 0.227 e. The van der Waals surface area contributed by atoms with Gasteiger partial charge in [0.15, 0.2) is 0 Å². The fourth-order valence-electron chi connectivity index (χ4n) is 4.55. The molecule has 0 spiro atoms. The van der Waals surface area contributed by atoms with E-state index in [0.29, 0.717) is 19.5 Å². The van der Waals surface area contributed by atoms with Crippen molar-refractivity contribution in [2.75, 3.05) is 0 Å². The maximum Gasteiger partial charge on any atom is 0.227 e. The molecule has 5 rings (SSSR count). The van der Waals surface area contributed by atoms with Crippen molar-refractivity contribution in [2.24, 2.45) is 7.05 Å². The predicted molar refractivity (Wildman–Crippen MR) is 116 cm³/mol. The first kappa shape index (κ1) is 18.7. The minimum atomic E-state index is 0.0835. The van der Waals surface area contributed by atoms with Crippen LogP contribution >= 0.6 is 0 Å². The van der Waals surface area contributed by atoms with Crippen LogP contribution in [0.15, 0.2) is 65.3 Å². The van der Waals surface area contributed by atoms with E-state index in [-0.39, 0.29) is 5.91 Å². The van der Waals surface area contributed by atoms with Gasteiger partial charge in [-0.3, -0.25) is 9.48 Å². The minimum Gasteiger partial charge on any atom is -0.467 e. The van der Waals surface area contributed by atoms with Crippen LogP contribution in [0.5, 0.6) is 0 Å². The molecule has 1 amide bonds. The summed E-state index contributed by atoms with van der Waals surface area (Å²) in [5, 5.41) is 7.02. The molecule has 0 unspecified atom stereocenters. The molecule has 5 heteroatoms. The average molecular weight is 399 g/mol. The first-order valence-electron chi connectivity index (χ1n) is 10.5. The summed E-state index contributed by atoms with van der Waals surface area (Å²) in [6, 6.07) is 18.1. The average Bonchev–Trinajstić information content (AvgIpc) is 3.49. The quantitative estimate of drug-likeness (QED) is 0.482. The number of hydrogen-bond donors (Lipinski definition) is 0. The molecule has 1 aliphatic carbocycles. The number of nitrogens with zero attached hydrogens (tertiary/aromatic N) is 3. The van der Waals surface area contributed by atoms with Gasteiger partial charge >= 0.3 is 0 Å². The molecule has 0 bridgehead atoms. The SMILES string of the molecule is Cn1nc(CN(Cc2ccco2)C(=O)Cc2cccc3ccccc23)c2c1CCC2. The summed E-state index contributed by atoms with van der Waals surface area (Å²) in [7, 11) is 2.00. The first-order chi connectivity index (χ1) is 14.7. The van der Waals surface area contributed by atoms with Gasteiger partial charge in [-0.2, -0.15) is 5.10 Å². The van der Waals surface area contributed by atoms with Gasteiger partial charge in [0.2, 0.25) is 5.91 Å². The number of carbonyl (C=O) groups excluding carboxylic acids is 1. The van der Waals surface area contributed by atoms with Crippen molar-refractivity contribution in [2.45, 2.75) is 38.8 Å². The summed E-state index contributed by atoms with van der Waals surface area (Å²) < 4.78 is 7.53. The van der Waals surface area contributed by atoms with Crippen molar-refractivity contribution in [1.29, 1.82) is 0 Å². The van der Waals surface area contributed by atoms with Crippen molar-refractivity contribution in [3.8, 4) is 0 Å². The highest BCUT2D eigenvalue weighted by atomic mass is 16.3. The third-order valence-corrected chi connectivity index (χ3v) is 6.04. The molecule has 0 aliphatic heterocycles. The van der Waals surface area contributed by atoms with Crippen molar-refractivity contribution in [1.82, 2.24) is 14.7 Å². The number of fused-ring (bicyclic) bond motifs is 2. The number of furan rings is 1. The van der Waals surface area contributed by atoms with E-state index in [1.165, 1.54) is 11.3 Å². The van der Waals surface area contributed by atoms with Gasteiger partial charge in [0.1, 0.15) is 5.76 Å². The topological polar surface area (TPSA) is 51.3 Å². The van der Waals surface area contributed by atoms with Crippen LogP contribution in [0.3, 0.4) is 0 Å². The van der Waals surface area contributed by atoms with Gasteiger partial charge in [-0.05, 0) is 53.3 Å². The second kappa shape index (κ2) is 7.82. The first-order valence-corrected chi connectivity index (χ1v) is 10.5. The van der Waals surface area contributed by atoms with E-state index in [2.05, 4.69) is 18.2 Å². The summed E-state index contributed by atoms with van der Waals surface area (Å²) in [4.78, 5) is 15.3. The second-order valence-electron chi connectivity index (χ2n) is 7.99. The fraction of sp³-hybridized carbons (Fsp3) is 0.280. The third kappa shape index (κ3) is 3.52. The van der Waals surface area contributed by atoms with E-state index in [1.54, 1.807) is 6.26 Å². The molecule has 0 saturated carbocycles. The highest BCUT2D eigenvalue weighted by Gasteiger charge is 2.25. The van der Waals surface area contributed by atoms with Gasteiger partial charge in [-0.1, -0.05) is 42.5 Å². The van der Waals surface area contributed by atoms with Crippen LogP contribution in [0.1, 0.15) is 34.7 Å². The van der Waals surface area contributed by atoms with Crippen molar-refractivity contribution in [3.63, 3.8) is 0 Å². The number of benzene rings is 2. The van der Waals surface area contributed by atoms with Crippen LogP contribution in [-0.2, 0) is 44.2 Å². The number of aryl methyl sites for hydroxylation is 1. The number of hydrogen-bond acceptors (Lipinski definition) is 3. The molecule has 30 heavy (non-hydrogen) atoms. The highest BCUT2D eigenvalue weighted by Crippen LogP contribution is 2.27. The molecule has 0 radical (unpaired) electrons.